The van der Waals surface area contributed by atoms with Gasteiger partial charge in [-0.1, -0.05) is 0 Å². The molecule has 2 heterocycles. The van der Waals surface area contributed by atoms with Gasteiger partial charge in [0.1, 0.15) is 11.5 Å². The summed E-state index contributed by atoms with van der Waals surface area (Å²) >= 11 is 0. The number of anilines is 1. The average molecular weight is 434 g/mol. The third-order valence-electron chi connectivity index (χ3n) is 6.33. The molecule has 8 nitrogen and oxygen atoms in total. The van der Waals surface area contributed by atoms with Crippen LogP contribution in [0.15, 0.2) is 23.2 Å². The zero-order chi connectivity index (χ0) is 22.1. The summed E-state index contributed by atoms with van der Waals surface area (Å²) in [5, 5.41) is 7.16. The fourth-order valence-electron chi connectivity index (χ4n) is 4.35. The first-order valence-electron chi connectivity index (χ1n) is 11.3. The first kappa shape index (κ1) is 23.5. The van der Waals surface area contributed by atoms with E-state index in [0.29, 0.717) is 12.0 Å². The molecule has 0 aromatic heterocycles. The lowest BCUT2D eigenvalue weighted by Gasteiger charge is -2.32. The molecule has 174 valence electrons. The standard InChI is InChI=1S/C23H39N5O3/c1-24-23(25-16-18-5-8-27(9-6-18)11-12-29-2)26-19-7-10-28(17-19)20-13-21(30-3)15-22(14-20)31-4/h13-15,18-19H,5-12,16-17H2,1-4H3,(H2,24,25,26). The maximum Gasteiger partial charge on any atom is 0.191 e. The van der Waals surface area contributed by atoms with Crippen LogP contribution in [0.3, 0.4) is 0 Å². The van der Waals surface area contributed by atoms with Crippen LogP contribution in [0.2, 0.25) is 0 Å². The molecule has 1 unspecified atom stereocenters. The quantitative estimate of drug-likeness (QED) is 0.455. The van der Waals surface area contributed by atoms with Gasteiger partial charge in [0, 0.05) is 70.3 Å². The molecule has 31 heavy (non-hydrogen) atoms. The Morgan fingerprint density at radius 3 is 2.35 bits per heavy atom. The van der Waals surface area contributed by atoms with E-state index in [1.807, 2.05) is 13.1 Å². The number of benzene rings is 1. The molecule has 0 amide bonds. The summed E-state index contributed by atoms with van der Waals surface area (Å²) in [6, 6.07) is 6.40. The molecule has 1 atom stereocenters. The van der Waals surface area contributed by atoms with Gasteiger partial charge in [-0.3, -0.25) is 4.99 Å². The molecule has 2 aliphatic heterocycles. The Bertz CT molecular complexity index is 684. The Hall–Kier alpha value is -2.19. The van der Waals surface area contributed by atoms with Crippen molar-refractivity contribution in [3.63, 3.8) is 0 Å². The van der Waals surface area contributed by atoms with Gasteiger partial charge >= 0.3 is 0 Å². The predicted molar refractivity (Wildman–Crippen MR) is 126 cm³/mol. The van der Waals surface area contributed by atoms with E-state index in [2.05, 4.69) is 37.6 Å². The summed E-state index contributed by atoms with van der Waals surface area (Å²) in [5.74, 6) is 3.23. The van der Waals surface area contributed by atoms with Crippen LogP contribution in [0.5, 0.6) is 11.5 Å². The second-order valence-corrected chi connectivity index (χ2v) is 8.38. The Kier molecular flexibility index (Phi) is 9.09. The number of rotatable bonds is 9. The van der Waals surface area contributed by atoms with Crippen LogP contribution in [0.4, 0.5) is 5.69 Å². The van der Waals surface area contributed by atoms with E-state index in [9.17, 15) is 0 Å². The fraction of sp³-hybridized carbons (Fsp3) is 0.696. The van der Waals surface area contributed by atoms with E-state index in [1.165, 1.54) is 12.8 Å². The van der Waals surface area contributed by atoms with Crippen LogP contribution in [0.1, 0.15) is 19.3 Å². The van der Waals surface area contributed by atoms with Gasteiger partial charge in [-0.25, -0.2) is 0 Å². The highest BCUT2D eigenvalue weighted by Gasteiger charge is 2.25. The third-order valence-corrected chi connectivity index (χ3v) is 6.33. The Balaban J connectivity index is 1.44. The van der Waals surface area contributed by atoms with Crippen molar-refractivity contribution >= 4 is 11.6 Å². The van der Waals surface area contributed by atoms with Gasteiger partial charge < -0.3 is 34.6 Å². The third kappa shape index (κ3) is 6.90. The van der Waals surface area contributed by atoms with E-state index < -0.39 is 0 Å². The average Bonchev–Trinajstić information content (AvgIpc) is 3.29. The van der Waals surface area contributed by atoms with Gasteiger partial charge in [0.05, 0.1) is 20.8 Å². The zero-order valence-corrected chi connectivity index (χ0v) is 19.5. The van der Waals surface area contributed by atoms with Crippen molar-refractivity contribution in [1.82, 2.24) is 15.5 Å². The Morgan fingerprint density at radius 2 is 1.74 bits per heavy atom. The minimum absolute atomic E-state index is 0.360. The number of nitrogens with zero attached hydrogens (tertiary/aromatic N) is 3. The number of hydrogen-bond acceptors (Lipinski definition) is 6. The molecule has 0 spiro atoms. The van der Waals surface area contributed by atoms with Crippen molar-refractivity contribution in [2.24, 2.45) is 10.9 Å². The summed E-state index contributed by atoms with van der Waals surface area (Å²) in [4.78, 5) is 9.31. The highest BCUT2D eigenvalue weighted by atomic mass is 16.5. The minimum Gasteiger partial charge on any atom is -0.497 e. The van der Waals surface area contributed by atoms with E-state index in [-0.39, 0.29) is 0 Å². The van der Waals surface area contributed by atoms with Crippen molar-refractivity contribution in [3.05, 3.63) is 18.2 Å². The van der Waals surface area contributed by atoms with E-state index in [4.69, 9.17) is 14.2 Å². The molecule has 1 aromatic carbocycles. The largest absolute Gasteiger partial charge is 0.497 e. The number of guanidine groups is 1. The molecule has 1 aromatic rings. The summed E-state index contributed by atoms with van der Waals surface area (Å²) in [6.07, 6.45) is 3.52. The van der Waals surface area contributed by atoms with Crippen LogP contribution in [0, 0.1) is 5.92 Å². The number of ether oxygens (including phenoxy) is 3. The molecule has 0 saturated carbocycles. The molecule has 2 saturated heterocycles. The van der Waals surface area contributed by atoms with Crippen LogP contribution in [-0.2, 0) is 4.74 Å². The van der Waals surface area contributed by atoms with E-state index in [0.717, 1.165) is 75.4 Å². The van der Waals surface area contributed by atoms with Gasteiger partial charge in [-0.15, -0.1) is 0 Å². The number of aliphatic imine (C=N–C) groups is 1. The Morgan fingerprint density at radius 1 is 1.03 bits per heavy atom. The number of likely N-dealkylation sites (tertiary alicyclic amines) is 1. The number of nitrogens with one attached hydrogen (secondary N) is 2. The summed E-state index contributed by atoms with van der Waals surface area (Å²) < 4.78 is 16.0. The van der Waals surface area contributed by atoms with E-state index in [1.54, 1.807) is 21.3 Å². The highest BCUT2D eigenvalue weighted by Crippen LogP contribution is 2.30. The lowest BCUT2D eigenvalue weighted by molar-refractivity contribution is 0.121. The van der Waals surface area contributed by atoms with Gasteiger partial charge in [0.15, 0.2) is 5.96 Å². The van der Waals surface area contributed by atoms with Crippen molar-refractivity contribution in [2.75, 3.05) is 79.2 Å². The molecule has 2 N–H and O–H groups in total. The number of piperidine rings is 1. The summed E-state index contributed by atoms with van der Waals surface area (Å²) in [6.45, 7) is 7.06. The van der Waals surface area contributed by atoms with Crippen molar-refractivity contribution < 1.29 is 14.2 Å². The molecule has 0 radical (unpaired) electrons. The summed E-state index contributed by atoms with van der Waals surface area (Å²) in [5.41, 5.74) is 1.13. The van der Waals surface area contributed by atoms with Gasteiger partial charge in [-0.05, 0) is 38.3 Å². The smallest absolute Gasteiger partial charge is 0.191 e. The van der Waals surface area contributed by atoms with Crippen LogP contribution < -0.4 is 25.0 Å². The van der Waals surface area contributed by atoms with Gasteiger partial charge in [0.25, 0.3) is 0 Å². The fourth-order valence-corrected chi connectivity index (χ4v) is 4.35. The molecule has 2 fully saturated rings. The second-order valence-electron chi connectivity index (χ2n) is 8.38. The topological polar surface area (TPSA) is 70.6 Å². The lowest BCUT2D eigenvalue weighted by atomic mass is 9.97. The number of methoxy groups -OCH3 is 3. The SMILES string of the molecule is CN=C(NCC1CCN(CCOC)CC1)NC1CCN(c2cc(OC)cc(OC)c2)C1. The van der Waals surface area contributed by atoms with E-state index >= 15 is 0 Å². The van der Waals surface area contributed by atoms with Crippen LogP contribution in [-0.4, -0.2) is 91.2 Å². The molecular formula is C23H39N5O3. The minimum atomic E-state index is 0.360. The Labute approximate surface area is 186 Å². The van der Waals surface area contributed by atoms with Crippen LogP contribution in [0.25, 0.3) is 0 Å². The number of hydrogen-bond donors (Lipinski definition) is 2. The van der Waals surface area contributed by atoms with Crippen molar-refractivity contribution in [1.29, 1.82) is 0 Å². The van der Waals surface area contributed by atoms with Crippen molar-refractivity contribution in [2.45, 2.75) is 25.3 Å². The normalized spacial score (nSPS) is 20.7. The van der Waals surface area contributed by atoms with Gasteiger partial charge in [0.2, 0.25) is 0 Å². The van der Waals surface area contributed by atoms with Crippen molar-refractivity contribution in [3.8, 4) is 11.5 Å². The molecule has 0 aliphatic carbocycles. The summed E-state index contributed by atoms with van der Waals surface area (Å²) in [7, 11) is 6.99. The second kappa shape index (κ2) is 12.0. The molecule has 0 bridgehead atoms. The molecule has 8 heteroatoms. The molecule has 2 aliphatic rings. The maximum absolute atomic E-state index is 5.42. The molecule has 3 rings (SSSR count). The maximum atomic E-state index is 5.42. The van der Waals surface area contributed by atoms with Crippen LogP contribution >= 0.6 is 0 Å². The monoisotopic (exact) mass is 433 g/mol. The predicted octanol–water partition coefficient (Wildman–Crippen LogP) is 1.81. The molecular weight excluding hydrogens is 394 g/mol. The van der Waals surface area contributed by atoms with Gasteiger partial charge in [-0.2, -0.15) is 0 Å². The highest BCUT2D eigenvalue weighted by molar-refractivity contribution is 5.80. The first-order chi connectivity index (χ1) is 15.1. The lowest BCUT2D eigenvalue weighted by Crippen LogP contribution is -2.47. The zero-order valence-electron chi connectivity index (χ0n) is 19.5. The first-order valence-corrected chi connectivity index (χ1v) is 11.3.